The molecule has 0 bridgehead atoms. The molecule has 4 rings (SSSR count). The lowest BCUT2D eigenvalue weighted by Gasteiger charge is -2.09. The number of nitriles is 1. The van der Waals surface area contributed by atoms with E-state index in [0.717, 1.165) is 5.56 Å². The summed E-state index contributed by atoms with van der Waals surface area (Å²) in [5.74, 6) is -0.683. The van der Waals surface area contributed by atoms with Crippen LogP contribution in [0.1, 0.15) is 33.6 Å². The highest BCUT2D eigenvalue weighted by molar-refractivity contribution is 5.93. The molecule has 35 heavy (non-hydrogen) atoms. The molecule has 0 radical (unpaired) electrons. The number of carbonyl (C=O) groups excluding carboxylic acids is 1. The first kappa shape index (κ1) is 23.4. The normalized spacial score (nSPS) is 10.6. The van der Waals surface area contributed by atoms with Crippen LogP contribution in [0.5, 0.6) is 0 Å². The number of nitrogens with two attached hydrogens (primary N) is 1. The average molecular weight is 471 g/mol. The third-order valence-electron chi connectivity index (χ3n) is 5.51. The van der Waals surface area contributed by atoms with Crippen molar-refractivity contribution in [2.24, 2.45) is 0 Å². The first-order valence-electron chi connectivity index (χ1n) is 11.0. The lowest BCUT2D eigenvalue weighted by Crippen LogP contribution is -2.33. The molecule has 0 aliphatic heterocycles. The van der Waals surface area contributed by atoms with Gasteiger partial charge in [-0.2, -0.15) is 10.4 Å². The summed E-state index contributed by atoms with van der Waals surface area (Å²) in [4.78, 5) is 25.4. The van der Waals surface area contributed by atoms with Gasteiger partial charge in [0.25, 0.3) is 11.5 Å². The van der Waals surface area contributed by atoms with E-state index in [9.17, 15) is 19.2 Å². The van der Waals surface area contributed by atoms with Crippen LogP contribution < -0.4 is 16.6 Å². The first-order chi connectivity index (χ1) is 17.0. The SMILES string of the molecule is N#Cc1c(CCCNC(=O)c2cccn(Cc3ccccc3)c2=O)nn(-c2ccc(F)cc2)c1N. The lowest BCUT2D eigenvalue weighted by molar-refractivity contribution is 0.0951. The van der Waals surface area contributed by atoms with E-state index in [1.807, 2.05) is 30.3 Å². The van der Waals surface area contributed by atoms with Gasteiger partial charge in [0.2, 0.25) is 0 Å². The van der Waals surface area contributed by atoms with Crippen molar-refractivity contribution in [3.8, 4) is 11.8 Å². The zero-order valence-electron chi connectivity index (χ0n) is 18.8. The van der Waals surface area contributed by atoms with E-state index >= 15 is 0 Å². The number of pyridine rings is 1. The van der Waals surface area contributed by atoms with Crippen LogP contribution >= 0.6 is 0 Å². The average Bonchev–Trinajstić information content (AvgIpc) is 3.19. The fraction of sp³-hybridized carbons (Fsp3) is 0.154. The smallest absolute Gasteiger partial charge is 0.263 e. The highest BCUT2D eigenvalue weighted by atomic mass is 19.1. The Hall–Kier alpha value is -4.71. The fourth-order valence-corrected chi connectivity index (χ4v) is 3.72. The number of carbonyl (C=O) groups is 1. The predicted octanol–water partition coefficient (Wildman–Crippen LogP) is 3.04. The lowest BCUT2D eigenvalue weighted by atomic mass is 10.1. The number of amides is 1. The molecule has 0 saturated carbocycles. The number of nitrogens with one attached hydrogen (secondary N) is 1. The second-order valence-corrected chi connectivity index (χ2v) is 7.91. The fourth-order valence-electron chi connectivity index (χ4n) is 3.72. The first-order valence-corrected chi connectivity index (χ1v) is 11.0. The van der Waals surface area contributed by atoms with Crippen LogP contribution in [-0.4, -0.2) is 26.8 Å². The standard InChI is InChI=1S/C26H23FN6O2/c27-19-10-12-20(13-11-19)33-24(29)22(16-28)23(31-33)9-4-14-30-25(34)21-8-5-15-32(26(21)35)17-18-6-2-1-3-7-18/h1-3,5-8,10-13,15H,4,9,14,17,29H2,(H,30,34). The summed E-state index contributed by atoms with van der Waals surface area (Å²) in [5.41, 5.74) is 7.99. The Kier molecular flexibility index (Phi) is 7.02. The summed E-state index contributed by atoms with van der Waals surface area (Å²) in [6.45, 7) is 0.649. The minimum absolute atomic E-state index is 0.0611. The van der Waals surface area contributed by atoms with E-state index in [1.54, 1.807) is 12.3 Å². The van der Waals surface area contributed by atoms with Crippen molar-refractivity contribution in [3.05, 3.63) is 111 Å². The molecule has 2 heterocycles. The zero-order valence-corrected chi connectivity index (χ0v) is 18.8. The number of hydrogen-bond donors (Lipinski definition) is 2. The van der Waals surface area contributed by atoms with Crippen molar-refractivity contribution < 1.29 is 9.18 Å². The van der Waals surface area contributed by atoms with Crippen LogP contribution in [0, 0.1) is 17.1 Å². The molecule has 1 amide bonds. The monoisotopic (exact) mass is 470 g/mol. The number of aromatic nitrogens is 3. The van der Waals surface area contributed by atoms with Gasteiger partial charge >= 0.3 is 0 Å². The number of nitrogens with zero attached hydrogens (tertiary/aromatic N) is 4. The van der Waals surface area contributed by atoms with E-state index in [0.29, 0.717) is 30.8 Å². The second kappa shape index (κ2) is 10.5. The van der Waals surface area contributed by atoms with Gasteiger partial charge in [0.05, 0.1) is 17.9 Å². The molecule has 0 aliphatic carbocycles. The predicted molar refractivity (Wildman–Crippen MR) is 130 cm³/mol. The number of anilines is 1. The van der Waals surface area contributed by atoms with Crippen molar-refractivity contribution in [2.75, 3.05) is 12.3 Å². The molecule has 0 spiro atoms. The summed E-state index contributed by atoms with van der Waals surface area (Å²) in [5, 5.41) is 16.7. The van der Waals surface area contributed by atoms with E-state index in [-0.39, 0.29) is 34.9 Å². The third-order valence-corrected chi connectivity index (χ3v) is 5.51. The second-order valence-electron chi connectivity index (χ2n) is 7.91. The van der Waals surface area contributed by atoms with Crippen LogP contribution in [0.25, 0.3) is 5.69 Å². The quantitative estimate of drug-likeness (QED) is 0.384. The van der Waals surface area contributed by atoms with Crippen LogP contribution in [0.3, 0.4) is 0 Å². The number of halogens is 1. The van der Waals surface area contributed by atoms with Crippen molar-refractivity contribution in [1.29, 1.82) is 5.26 Å². The van der Waals surface area contributed by atoms with Gasteiger partial charge in [0.15, 0.2) is 0 Å². The van der Waals surface area contributed by atoms with Gasteiger partial charge in [-0.1, -0.05) is 30.3 Å². The maximum atomic E-state index is 13.2. The van der Waals surface area contributed by atoms with Crippen molar-refractivity contribution in [3.63, 3.8) is 0 Å². The minimum Gasteiger partial charge on any atom is -0.382 e. The molecule has 2 aromatic carbocycles. The minimum atomic E-state index is -0.464. The van der Waals surface area contributed by atoms with Gasteiger partial charge in [-0.3, -0.25) is 9.59 Å². The number of nitrogen functional groups attached to an aromatic ring is 1. The van der Waals surface area contributed by atoms with Gasteiger partial charge < -0.3 is 15.6 Å². The molecule has 0 unspecified atom stereocenters. The van der Waals surface area contributed by atoms with Crippen LogP contribution in [-0.2, 0) is 13.0 Å². The molecular weight excluding hydrogens is 447 g/mol. The van der Waals surface area contributed by atoms with Crippen LogP contribution in [0.2, 0.25) is 0 Å². The number of hydrogen-bond acceptors (Lipinski definition) is 5. The van der Waals surface area contributed by atoms with Gasteiger partial charge in [-0.05, 0) is 54.8 Å². The van der Waals surface area contributed by atoms with Gasteiger partial charge in [0.1, 0.15) is 28.8 Å². The maximum Gasteiger partial charge on any atom is 0.263 e. The summed E-state index contributed by atoms with van der Waals surface area (Å²) in [7, 11) is 0. The molecule has 0 aliphatic rings. The Morgan fingerprint density at radius 2 is 1.83 bits per heavy atom. The van der Waals surface area contributed by atoms with Gasteiger partial charge in [-0.25, -0.2) is 9.07 Å². The van der Waals surface area contributed by atoms with E-state index in [4.69, 9.17) is 5.73 Å². The molecule has 176 valence electrons. The molecule has 4 aromatic rings. The third kappa shape index (κ3) is 5.28. The molecule has 2 aromatic heterocycles. The van der Waals surface area contributed by atoms with E-state index in [2.05, 4.69) is 16.5 Å². The Morgan fingerprint density at radius 3 is 2.54 bits per heavy atom. The Balaban J connectivity index is 1.39. The molecule has 8 nitrogen and oxygen atoms in total. The Morgan fingerprint density at radius 1 is 1.09 bits per heavy atom. The number of aryl methyl sites for hydroxylation is 1. The van der Waals surface area contributed by atoms with Crippen LogP contribution in [0.4, 0.5) is 10.2 Å². The summed E-state index contributed by atoms with van der Waals surface area (Å²) >= 11 is 0. The maximum absolute atomic E-state index is 13.2. The molecular formula is C26H23FN6O2. The van der Waals surface area contributed by atoms with E-state index < -0.39 is 5.91 Å². The highest BCUT2D eigenvalue weighted by Gasteiger charge is 2.17. The zero-order chi connectivity index (χ0) is 24.8. The topological polar surface area (TPSA) is 119 Å². The Labute approximate surface area is 201 Å². The molecule has 0 saturated heterocycles. The van der Waals surface area contributed by atoms with Crippen molar-refractivity contribution >= 4 is 11.7 Å². The molecule has 0 fully saturated rings. The molecule has 9 heteroatoms. The van der Waals surface area contributed by atoms with Crippen molar-refractivity contribution in [1.82, 2.24) is 19.7 Å². The Bertz CT molecular complexity index is 1440. The number of benzene rings is 2. The summed E-state index contributed by atoms with van der Waals surface area (Å²) in [6, 6.07) is 20.4. The molecule has 0 atom stereocenters. The molecule has 3 N–H and O–H groups in total. The van der Waals surface area contributed by atoms with Gasteiger partial charge in [-0.15, -0.1) is 0 Å². The summed E-state index contributed by atoms with van der Waals surface area (Å²) < 4.78 is 16.1. The van der Waals surface area contributed by atoms with Gasteiger partial charge in [0, 0.05) is 12.7 Å². The largest absolute Gasteiger partial charge is 0.382 e. The highest BCUT2D eigenvalue weighted by Crippen LogP contribution is 2.21. The van der Waals surface area contributed by atoms with E-state index in [1.165, 1.54) is 39.6 Å². The number of rotatable bonds is 8. The van der Waals surface area contributed by atoms with Crippen molar-refractivity contribution in [2.45, 2.75) is 19.4 Å². The summed E-state index contributed by atoms with van der Waals surface area (Å²) in [6.07, 6.45) is 2.51. The van der Waals surface area contributed by atoms with Crippen LogP contribution in [0.15, 0.2) is 77.7 Å².